The maximum Gasteiger partial charge on any atom is 0.0738 e. The number of nitrogens with two attached hydrogens (primary N) is 1. The van der Waals surface area contributed by atoms with E-state index in [4.69, 9.17) is 5.73 Å². The summed E-state index contributed by atoms with van der Waals surface area (Å²) < 4.78 is 3.18. The molecule has 18 heavy (non-hydrogen) atoms. The molecule has 1 heterocycles. The minimum atomic E-state index is 0.291. The summed E-state index contributed by atoms with van der Waals surface area (Å²) in [4.78, 5) is 0. The topological polar surface area (TPSA) is 43.8 Å². The maximum absolute atomic E-state index is 6.12. The summed E-state index contributed by atoms with van der Waals surface area (Å²) in [6, 6.07) is 0. The van der Waals surface area contributed by atoms with Crippen molar-refractivity contribution in [1.82, 2.24) is 9.78 Å². The van der Waals surface area contributed by atoms with Gasteiger partial charge >= 0.3 is 0 Å². The average molecular weight is 314 g/mol. The van der Waals surface area contributed by atoms with Gasteiger partial charge in [-0.2, -0.15) is 5.10 Å². The summed E-state index contributed by atoms with van der Waals surface area (Å²) in [5.41, 5.74) is 8.79. The molecule has 0 amide bonds. The number of rotatable bonds is 3. The molecule has 3 nitrogen and oxygen atoms in total. The van der Waals surface area contributed by atoms with E-state index in [1.54, 1.807) is 0 Å². The average Bonchev–Trinajstić information content (AvgIpc) is 2.58. The fourth-order valence-corrected chi connectivity index (χ4v) is 3.64. The van der Waals surface area contributed by atoms with Gasteiger partial charge in [0.2, 0.25) is 0 Å². The second-order valence-electron chi connectivity index (χ2n) is 5.76. The highest BCUT2D eigenvalue weighted by molar-refractivity contribution is 9.10. The van der Waals surface area contributed by atoms with Crippen LogP contribution in [0.1, 0.15) is 49.9 Å². The van der Waals surface area contributed by atoms with Crippen LogP contribution in [0.25, 0.3) is 0 Å². The monoisotopic (exact) mass is 313 g/mol. The molecule has 0 radical (unpaired) electrons. The Labute approximate surface area is 118 Å². The van der Waals surface area contributed by atoms with E-state index in [1.807, 2.05) is 11.7 Å². The molecule has 0 saturated heterocycles. The number of hydrogen-bond acceptors (Lipinski definition) is 2. The first-order valence-electron chi connectivity index (χ1n) is 6.96. The molecule has 0 atom stereocenters. The lowest BCUT2D eigenvalue weighted by Crippen LogP contribution is -2.33. The van der Waals surface area contributed by atoms with Gasteiger partial charge in [0.25, 0.3) is 0 Å². The molecule has 0 aliphatic heterocycles. The van der Waals surface area contributed by atoms with E-state index in [9.17, 15) is 0 Å². The molecule has 1 fully saturated rings. The highest BCUT2D eigenvalue weighted by atomic mass is 79.9. The van der Waals surface area contributed by atoms with Gasteiger partial charge in [0.15, 0.2) is 0 Å². The van der Waals surface area contributed by atoms with Crippen molar-refractivity contribution in [2.24, 2.45) is 18.2 Å². The van der Waals surface area contributed by atoms with E-state index in [-0.39, 0.29) is 0 Å². The van der Waals surface area contributed by atoms with Crippen molar-refractivity contribution in [2.75, 3.05) is 6.54 Å². The third-order valence-corrected chi connectivity index (χ3v) is 5.43. The lowest BCUT2D eigenvalue weighted by Gasteiger charge is -2.31. The predicted octanol–water partition coefficient (Wildman–Crippen LogP) is 3.33. The van der Waals surface area contributed by atoms with Crippen LogP contribution in [0.5, 0.6) is 0 Å². The summed E-state index contributed by atoms with van der Waals surface area (Å²) >= 11 is 3.68. The minimum Gasteiger partial charge on any atom is -0.330 e. The van der Waals surface area contributed by atoms with Crippen LogP contribution in [0.2, 0.25) is 0 Å². The van der Waals surface area contributed by atoms with Crippen molar-refractivity contribution in [1.29, 1.82) is 0 Å². The normalized spacial score (nSPS) is 19.8. The Hall–Kier alpha value is -0.350. The molecule has 1 aliphatic carbocycles. The van der Waals surface area contributed by atoms with E-state index >= 15 is 0 Å². The second kappa shape index (κ2) is 5.74. The number of hydrogen-bond donors (Lipinski definition) is 1. The lowest BCUT2D eigenvalue weighted by molar-refractivity contribution is 0.246. The van der Waals surface area contributed by atoms with Crippen LogP contribution in [0.3, 0.4) is 0 Å². The molecule has 1 aromatic rings. The summed E-state index contributed by atoms with van der Waals surface area (Å²) in [5, 5.41) is 4.49. The lowest BCUT2D eigenvalue weighted by atomic mass is 9.76. The molecule has 2 rings (SSSR count). The van der Waals surface area contributed by atoms with Gasteiger partial charge < -0.3 is 5.73 Å². The molecule has 1 aromatic heterocycles. The SMILES string of the molecule is Cc1nn(C)c(CC2(CN)CCCCCC2)c1Br. The molecule has 0 unspecified atom stereocenters. The molecule has 2 N–H and O–H groups in total. The van der Waals surface area contributed by atoms with Crippen molar-refractivity contribution < 1.29 is 0 Å². The summed E-state index contributed by atoms with van der Waals surface area (Å²) in [6.45, 7) is 2.85. The van der Waals surface area contributed by atoms with Crippen molar-refractivity contribution in [3.63, 3.8) is 0 Å². The predicted molar refractivity (Wildman–Crippen MR) is 78.5 cm³/mol. The molecule has 1 saturated carbocycles. The summed E-state index contributed by atoms with van der Waals surface area (Å²) in [7, 11) is 2.04. The largest absolute Gasteiger partial charge is 0.330 e. The van der Waals surface area contributed by atoms with Gasteiger partial charge in [0.1, 0.15) is 0 Å². The maximum atomic E-state index is 6.12. The fourth-order valence-electron chi connectivity index (χ4n) is 3.16. The fraction of sp³-hybridized carbons (Fsp3) is 0.786. The molecule has 0 bridgehead atoms. The zero-order valence-corrected chi connectivity index (χ0v) is 13.1. The van der Waals surface area contributed by atoms with E-state index < -0.39 is 0 Å². The molecule has 102 valence electrons. The Bertz CT molecular complexity index is 403. The van der Waals surface area contributed by atoms with Gasteiger partial charge in [-0.3, -0.25) is 4.68 Å². The first kappa shape index (κ1) is 14.1. The first-order chi connectivity index (χ1) is 8.58. The molecular weight excluding hydrogens is 290 g/mol. The molecule has 4 heteroatoms. The number of nitrogens with zero attached hydrogens (tertiary/aromatic N) is 2. The first-order valence-corrected chi connectivity index (χ1v) is 7.75. The molecule has 0 spiro atoms. The van der Waals surface area contributed by atoms with Gasteiger partial charge in [-0.05, 0) is 54.1 Å². The third kappa shape index (κ3) is 2.80. The van der Waals surface area contributed by atoms with E-state index in [0.717, 1.165) is 18.7 Å². The minimum absolute atomic E-state index is 0.291. The van der Waals surface area contributed by atoms with Crippen LogP contribution >= 0.6 is 15.9 Å². The third-order valence-electron chi connectivity index (χ3n) is 4.40. The van der Waals surface area contributed by atoms with E-state index in [1.165, 1.54) is 48.7 Å². The molecule has 1 aliphatic rings. The second-order valence-corrected chi connectivity index (χ2v) is 6.56. The van der Waals surface area contributed by atoms with Gasteiger partial charge in [0.05, 0.1) is 15.9 Å². The summed E-state index contributed by atoms with van der Waals surface area (Å²) in [6.07, 6.45) is 8.97. The van der Waals surface area contributed by atoms with E-state index in [0.29, 0.717) is 5.41 Å². The molecule has 0 aromatic carbocycles. The smallest absolute Gasteiger partial charge is 0.0738 e. The van der Waals surface area contributed by atoms with Gasteiger partial charge in [-0.25, -0.2) is 0 Å². The highest BCUT2D eigenvalue weighted by Crippen LogP contribution is 2.38. The standard InChI is InChI=1S/C14H24BrN3/c1-11-13(15)12(18(2)17-11)9-14(10-16)7-5-3-4-6-8-14/h3-10,16H2,1-2H3. The van der Waals surface area contributed by atoms with Crippen LogP contribution < -0.4 is 5.73 Å². The van der Waals surface area contributed by atoms with Crippen LogP contribution in [-0.2, 0) is 13.5 Å². The number of halogens is 1. The van der Waals surface area contributed by atoms with Crippen molar-refractivity contribution in [3.8, 4) is 0 Å². The van der Waals surface area contributed by atoms with Gasteiger partial charge in [0, 0.05) is 7.05 Å². The highest BCUT2D eigenvalue weighted by Gasteiger charge is 2.31. The summed E-state index contributed by atoms with van der Waals surface area (Å²) in [5.74, 6) is 0. The van der Waals surface area contributed by atoms with Crippen molar-refractivity contribution in [3.05, 3.63) is 15.9 Å². The Morgan fingerprint density at radius 2 is 1.89 bits per heavy atom. The van der Waals surface area contributed by atoms with Gasteiger partial charge in [-0.1, -0.05) is 25.7 Å². The van der Waals surface area contributed by atoms with E-state index in [2.05, 4.69) is 28.0 Å². The number of aromatic nitrogens is 2. The van der Waals surface area contributed by atoms with Crippen LogP contribution in [0.4, 0.5) is 0 Å². The van der Waals surface area contributed by atoms with Crippen molar-refractivity contribution >= 4 is 15.9 Å². The van der Waals surface area contributed by atoms with Crippen LogP contribution in [-0.4, -0.2) is 16.3 Å². The molecular formula is C14H24BrN3. The van der Waals surface area contributed by atoms with Gasteiger partial charge in [-0.15, -0.1) is 0 Å². The Morgan fingerprint density at radius 3 is 2.33 bits per heavy atom. The Kier molecular flexibility index (Phi) is 4.49. The van der Waals surface area contributed by atoms with Crippen LogP contribution in [0.15, 0.2) is 4.47 Å². The van der Waals surface area contributed by atoms with Crippen LogP contribution in [0, 0.1) is 12.3 Å². The quantitative estimate of drug-likeness (QED) is 0.870. The number of aryl methyl sites for hydroxylation is 2. The zero-order chi connectivity index (χ0) is 13.2. The Balaban J connectivity index is 2.23. The zero-order valence-electron chi connectivity index (χ0n) is 11.5. The Morgan fingerprint density at radius 1 is 1.28 bits per heavy atom. The van der Waals surface area contributed by atoms with Crippen molar-refractivity contribution in [2.45, 2.75) is 51.9 Å².